The molecule has 2 aromatic carbocycles. The van der Waals surface area contributed by atoms with Gasteiger partial charge in [0.25, 0.3) is 5.91 Å². The maximum Gasteiger partial charge on any atom is 0.420 e. The van der Waals surface area contributed by atoms with Crippen LogP contribution < -0.4 is 5.32 Å². The van der Waals surface area contributed by atoms with Gasteiger partial charge in [-0.25, -0.2) is 13.8 Å². The number of nitrogens with one attached hydrogen (secondary N) is 1. The van der Waals surface area contributed by atoms with Crippen molar-refractivity contribution in [2.75, 3.05) is 5.32 Å². The molecule has 4 aromatic rings. The molecule has 4 rings (SSSR count). The molecule has 0 unspecified atom stereocenters. The lowest BCUT2D eigenvalue weighted by molar-refractivity contribution is -0.137. The van der Waals surface area contributed by atoms with E-state index in [1.807, 2.05) is 0 Å². The number of carbonyl (C=O) groups is 1. The molecule has 2 N–H and O–H groups in total. The van der Waals surface area contributed by atoms with E-state index in [1.165, 1.54) is 24.5 Å². The Morgan fingerprint density at radius 1 is 1.00 bits per heavy atom. The molecule has 0 bridgehead atoms. The normalized spacial score (nSPS) is 11.4. The van der Waals surface area contributed by atoms with Gasteiger partial charge in [-0.2, -0.15) is 23.4 Å². The van der Waals surface area contributed by atoms with Crippen LogP contribution in [0.2, 0.25) is 0 Å². The van der Waals surface area contributed by atoms with Crippen LogP contribution in [0.5, 0.6) is 5.75 Å². The summed E-state index contributed by atoms with van der Waals surface area (Å²) in [5.74, 6) is -3.74. The molecule has 0 spiro atoms. The second-order valence-electron chi connectivity index (χ2n) is 6.72. The fourth-order valence-electron chi connectivity index (χ4n) is 3.03. The molecular formula is C21H12F5N5O2. The molecule has 168 valence electrons. The minimum atomic E-state index is -4.83. The van der Waals surface area contributed by atoms with Crippen LogP contribution in [-0.2, 0) is 6.18 Å². The molecule has 33 heavy (non-hydrogen) atoms. The van der Waals surface area contributed by atoms with Crippen molar-refractivity contribution < 1.29 is 31.9 Å². The second-order valence-corrected chi connectivity index (χ2v) is 6.72. The van der Waals surface area contributed by atoms with E-state index in [1.54, 1.807) is 0 Å². The highest BCUT2D eigenvalue weighted by Crippen LogP contribution is 2.34. The van der Waals surface area contributed by atoms with Crippen molar-refractivity contribution in [1.82, 2.24) is 20.0 Å². The number of hydrogen-bond donors (Lipinski definition) is 2. The first-order chi connectivity index (χ1) is 15.6. The Morgan fingerprint density at radius 3 is 2.36 bits per heavy atom. The first kappa shape index (κ1) is 21.9. The molecule has 0 saturated heterocycles. The zero-order valence-corrected chi connectivity index (χ0v) is 16.3. The minimum absolute atomic E-state index is 0.129. The van der Waals surface area contributed by atoms with Crippen LogP contribution in [0.3, 0.4) is 0 Å². The Morgan fingerprint density at radius 2 is 1.73 bits per heavy atom. The number of halogens is 5. The van der Waals surface area contributed by atoms with Gasteiger partial charge in [-0.1, -0.05) is 6.07 Å². The summed E-state index contributed by atoms with van der Waals surface area (Å²) in [4.78, 5) is 16.8. The highest BCUT2D eigenvalue weighted by atomic mass is 19.4. The van der Waals surface area contributed by atoms with Crippen LogP contribution in [0.4, 0.5) is 27.6 Å². The van der Waals surface area contributed by atoms with Crippen LogP contribution >= 0.6 is 0 Å². The lowest BCUT2D eigenvalue weighted by Crippen LogP contribution is -2.18. The number of aromatic nitrogens is 4. The second kappa shape index (κ2) is 8.30. The predicted octanol–water partition coefficient (Wildman–Crippen LogP) is 4.58. The average Bonchev–Trinajstić information content (AvgIpc) is 3.27. The van der Waals surface area contributed by atoms with Gasteiger partial charge in [0.15, 0.2) is 5.82 Å². The number of nitrogens with zero attached hydrogens (tertiary/aromatic N) is 4. The maximum absolute atomic E-state index is 14.6. The van der Waals surface area contributed by atoms with Crippen molar-refractivity contribution in [3.8, 4) is 22.7 Å². The monoisotopic (exact) mass is 461 g/mol. The van der Waals surface area contributed by atoms with Gasteiger partial charge in [0.2, 0.25) is 0 Å². The molecule has 0 fully saturated rings. The lowest BCUT2D eigenvalue weighted by Gasteiger charge is -2.13. The van der Waals surface area contributed by atoms with E-state index in [2.05, 4.69) is 20.5 Å². The topological polar surface area (TPSA) is 92.9 Å². The maximum atomic E-state index is 14.6. The van der Waals surface area contributed by atoms with Gasteiger partial charge in [0, 0.05) is 11.6 Å². The molecule has 7 nitrogen and oxygen atoms in total. The van der Waals surface area contributed by atoms with Gasteiger partial charge in [0.05, 0.1) is 29.8 Å². The van der Waals surface area contributed by atoms with E-state index < -0.39 is 46.4 Å². The van der Waals surface area contributed by atoms with E-state index in [4.69, 9.17) is 0 Å². The van der Waals surface area contributed by atoms with Crippen LogP contribution in [0.1, 0.15) is 15.9 Å². The molecule has 0 radical (unpaired) electrons. The van der Waals surface area contributed by atoms with Crippen molar-refractivity contribution in [2.45, 2.75) is 6.18 Å². The Kier molecular flexibility index (Phi) is 5.50. The molecule has 12 heteroatoms. The number of benzene rings is 2. The van der Waals surface area contributed by atoms with Crippen LogP contribution in [0, 0.1) is 11.6 Å². The third kappa shape index (κ3) is 4.49. The third-order valence-corrected chi connectivity index (χ3v) is 4.52. The Balaban J connectivity index is 1.62. The Labute approximate surface area is 182 Å². The minimum Gasteiger partial charge on any atom is -0.507 e. The molecule has 0 aliphatic rings. The number of aromatic hydroxyl groups is 1. The summed E-state index contributed by atoms with van der Waals surface area (Å²) >= 11 is 0. The van der Waals surface area contributed by atoms with Crippen molar-refractivity contribution >= 4 is 11.6 Å². The number of pyridine rings is 1. The van der Waals surface area contributed by atoms with E-state index in [9.17, 15) is 31.9 Å². The smallest absolute Gasteiger partial charge is 0.420 e. The van der Waals surface area contributed by atoms with Crippen molar-refractivity contribution in [2.24, 2.45) is 0 Å². The Hall–Kier alpha value is -4.35. The largest absolute Gasteiger partial charge is 0.507 e. The summed E-state index contributed by atoms with van der Waals surface area (Å²) in [6.45, 7) is 0. The number of anilines is 1. The summed E-state index contributed by atoms with van der Waals surface area (Å²) in [6, 6.07) is 7.11. The van der Waals surface area contributed by atoms with E-state index in [-0.39, 0.29) is 16.8 Å². The highest BCUT2D eigenvalue weighted by molar-refractivity contribution is 6.04. The molecule has 0 atom stereocenters. The lowest BCUT2D eigenvalue weighted by atomic mass is 10.0. The van der Waals surface area contributed by atoms with Crippen molar-refractivity contribution in [3.05, 3.63) is 83.8 Å². The zero-order chi connectivity index (χ0) is 23.8. The molecule has 0 aliphatic heterocycles. The third-order valence-electron chi connectivity index (χ3n) is 4.52. The summed E-state index contributed by atoms with van der Waals surface area (Å²) in [5.41, 5.74) is -1.71. The first-order valence-corrected chi connectivity index (χ1v) is 9.17. The zero-order valence-electron chi connectivity index (χ0n) is 16.3. The standard InChI is InChI=1S/C21H12F5N5O2/c22-12-2-4-14(18(32)8-12)11-1-3-15(17(23)7-11)20(33)30-13-9-16(21(24,25)26)19(27-10-13)31-28-5-6-29-31/h1-10,32H,(H,30,33). The van der Waals surface area contributed by atoms with E-state index in [0.717, 1.165) is 30.5 Å². The van der Waals surface area contributed by atoms with Gasteiger partial charge in [-0.15, -0.1) is 4.80 Å². The molecule has 1 amide bonds. The van der Waals surface area contributed by atoms with Crippen molar-refractivity contribution in [1.29, 1.82) is 0 Å². The van der Waals surface area contributed by atoms with Gasteiger partial charge >= 0.3 is 6.18 Å². The van der Waals surface area contributed by atoms with Gasteiger partial charge < -0.3 is 10.4 Å². The number of carbonyl (C=O) groups excluding carboxylic acids is 1. The summed E-state index contributed by atoms with van der Waals surface area (Å²) in [7, 11) is 0. The summed E-state index contributed by atoms with van der Waals surface area (Å²) < 4.78 is 68.2. The van der Waals surface area contributed by atoms with Crippen LogP contribution in [0.15, 0.2) is 61.1 Å². The number of phenols is 1. The van der Waals surface area contributed by atoms with Crippen LogP contribution in [-0.4, -0.2) is 31.0 Å². The SMILES string of the molecule is O=C(Nc1cnc(-n2nccn2)c(C(F)(F)F)c1)c1ccc(-c2ccc(F)cc2O)cc1F. The summed E-state index contributed by atoms with van der Waals surface area (Å²) in [6.07, 6.45) is -1.53. The fourth-order valence-corrected chi connectivity index (χ4v) is 3.03. The quantitative estimate of drug-likeness (QED) is 0.434. The molecular weight excluding hydrogens is 449 g/mol. The Bertz CT molecular complexity index is 1340. The number of amides is 1. The summed E-state index contributed by atoms with van der Waals surface area (Å²) in [5, 5.41) is 19.3. The van der Waals surface area contributed by atoms with Gasteiger partial charge in [0.1, 0.15) is 22.9 Å². The first-order valence-electron chi connectivity index (χ1n) is 9.17. The van der Waals surface area contributed by atoms with E-state index >= 15 is 0 Å². The van der Waals surface area contributed by atoms with Crippen molar-refractivity contribution in [3.63, 3.8) is 0 Å². The van der Waals surface area contributed by atoms with Gasteiger partial charge in [-0.3, -0.25) is 4.79 Å². The van der Waals surface area contributed by atoms with Gasteiger partial charge in [-0.05, 0) is 35.9 Å². The van der Waals surface area contributed by atoms with Crippen LogP contribution in [0.25, 0.3) is 16.9 Å². The molecule has 0 saturated carbocycles. The predicted molar refractivity (Wildman–Crippen MR) is 106 cm³/mol. The highest BCUT2D eigenvalue weighted by Gasteiger charge is 2.36. The molecule has 0 aliphatic carbocycles. The molecule has 2 aromatic heterocycles. The number of hydrogen-bond acceptors (Lipinski definition) is 5. The number of phenolic OH excluding ortho intramolecular Hbond substituents is 1. The fraction of sp³-hybridized carbons (Fsp3) is 0.0476. The number of rotatable bonds is 4. The molecule has 2 heterocycles. The van der Waals surface area contributed by atoms with E-state index in [0.29, 0.717) is 10.9 Å². The number of alkyl halides is 3. The average molecular weight is 461 g/mol.